The van der Waals surface area contributed by atoms with E-state index in [2.05, 4.69) is 34.1 Å². The van der Waals surface area contributed by atoms with Gasteiger partial charge in [0.15, 0.2) is 0 Å². The van der Waals surface area contributed by atoms with Gasteiger partial charge < -0.3 is 4.90 Å². The zero-order valence-electron chi connectivity index (χ0n) is 15.3. The van der Waals surface area contributed by atoms with Gasteiger partial charge in [-0.25, -0.2) is 0 Å². The monoisotopic (exact) mass is 371 g/mol. The normalized spacial score (nSPS) is 15.8. The van der Waals surface area contributed by atoms with Crippen molar-refractivity contribution >= 4 is 17.5 Å². The van der Waals surface area contributed by atoms with Crippen LogP contribution in [0.3, 0.4) is 0 Å². The average Bonchev–Trinajstić information content (AvgIpc) is 2.66. The van der Waals surface area contributed by atoms with E-state index in [9.17, 15) is 4.79 Å². The third-order valence-electron chi connectivity index (χ3n) is 4.83. The van der Waals surface area contributed by atoms with Gasteiger partial charge in [-0.2, -0.15) is 0 Å². The minimum absolute atomic E-state index is 0.181. The second-order valence-electron chi connectivity index (χ2n) is 6.91. The van der Waals surface area contributed by atoms with Gasteiger partial charge in [0.1, 0.15) is 0 Å². The standard InChI is InChI=1S/C21H26ClN3O/c1-23(15-18-5-3-2-4-6-18)21(26)17-25-13-11-24(12-14-25)16-19-7-9-20(22)10-8-19/h2-10H,11-17H2,1H3. The summed E-state index contributed by atoms with van der Waals surface area (Å²) in [5.41, 5.74) is 2.44. The molecule has 0 aromatic heterocycles. The molecule has 1 amide bonds. The van der Waals surface area contributed by atoms with Crippen molar-refractivity contribution in [3.05, 3.63) is 70.7 Å². The van der Waals surface area contributed by atoms with Crippen molar-refractivity contribution in [2.24, 2.45) is 0 Å². The number of amides is 1. The molecule has 0 aliphatic carbocycles. The average molecular weight is 372 g/mol. The molecule has 138 valence electrons. The summed E-state index contributed by atoms with van der Waals surface area (Å²) in [5.74, 6) is 0.181. The molecule has 0 radical (unpaired) electrons. The van der Waals surface area contributed by atoms with Crippen LogP contribution in [0.25, 0.3) is 0 Å². The molecule has 0 spiro atoms. The van der Waals surface area contributed by atoms with Crippen molar-refractivity contribution < 1.29 is 4.79 Å². The second kappa shape index (κ2) is 9.17. The lowest BCUT2D eigenvalue weighted by Gasteiger charge is -2.35. The summed E-state index contributed by atoms with van der Waals surface area (Å²) >= 11 is 5.94. The molecule has 0 atom stereocenters. The lowest BCUT2D eigenvalue weighted by atomic mass is 10.2. The van der Waals surface area contributed by atoms with Crippen LogP contribution in [0.15, 0.2) is 54.6 Å². The maximum atomic E-state index is 12.5. The Morgan fingerprint density at radius 3 is 2.19 bits per heavy atom. The topological polar surface area (TPSA) is 26.8 Å². The van der Waals surface area contributed by atoms with E-state index >= 15 is 0 Å². The molecule has 4 nitrogen and oxygen atoms in total. The molecule has 1 fully saturated rings. The molecule has 26 heavy (non-hydrogen) atoms. The van der Waals surface area contributed by atoms with Crippen molar-refractivity contribution in [3.8, 4) is 0 Å². The summed E-state index contributed by atoms with van der Waals surface area (Å²) in [6.45, 7) is 5.93. The van der Waals surface area contributed by atoms with E-state index in [0.717, 1.165) is 43.3 Å². The molecule has 1 aliphatic rings. The molecule has 2 aromatic rings. The van der Waals surface area contributed by atoms with Crippen LogP contribution in [0.2, 0.25) is 5.02 Å². The molecule has 0 bridgehead atoms. The van der Waals surface area contributed by atoms with E-state index in [1.807, 2.05) is 42.3 Å². The number of nitrogens with zero attached hydrogens (tertiary/aromatic N) is 3. The molecular formula is C21H26ClN3O. The number of halogens is 1. The second-order valence-corrected chi connectivity index (χ2v) is 7.35. The molecule has 3 rings (SSSR count). The van der Waals surface area contributed by atoms with Gasteiger partial charge in [-0.1, -0.05) is 54.1 Å². The minimum atomic E-state index is 0.181. The lowest BCUT2D eigenvalue weighted by Crippen LogP contribution is -2.49. The Morgan fingerprint density at radius 1 is 0.923 bits per heavy atom. The zero-order chi connectivity index (χ0) is 18.4. The van der Waals surface area contributed by atoms with Gasteiger partial charge in [0.05, 0.1) is 6.54 Å². The lowest BCUT2D eigenvalue weighted by molar-refractivity contribution is -0.132. The molecule has 1 saturated heterocycles. The van der Waals surface area contributed by atoms with E-state index in [1.165, 1.54) is 5.56 Å². The first-order valence-corrected chi connectivity index (χ1v) is 9.45. The Kier molecular flexibility index (Phi) is 6.67. The van der Waals surface area contributed by atoms with Gasteiger partial charge >= 0.3 is 0 Å². The SMILES string of the molecule is CN(Cc1ccccc1)C(=O)CN1CCN(Cc2ccc(Cl)cc2)CC1. The first kappa shape index (κ1) is 18.9. The summed E-state index contributed by atoms with van der Waals surface area (Å²) < 4.78 is 0. The van der Waals surface area contributed by atoms with Crippen LogP contribution in [0, 0.1) is 0 Å². The van der Waals surface area contributed by atoms with Crippen LogP contribution in [0.4, 0.5) is 0 Å². The number of benzene rings is 2. The van der Waals surface area contributed by atoms with E-state index in [4.69, 9.17) is 11.6 Å². The van der Waals surface area contributed by atoms with Crippen molar-refractivity contribution in [1.82, 2.24) is 14.7 Å². The van der Waals surface area contributed by atoms with Gasteiger partial charge in [-0.05, 0) is 23.3 Å². The quantitative estimate of drug-likeness (QED) is 0.780. The van der Waals surface area contributed by atoms with Gasteiger partial charge in [0.25, 0.3) is 0 Å². The van der Waals surface area contributed by atoms with Crippen molar-refractivity contribution in [2.45, 2.75) is 13.1 Å². The van der Waals surface area contributed by atoms with Crippen LogP contribution in [-0.2, 0) is 17.9 Å². The van der Waals surface area contributed by atoms with Crippen LogP contribution in [-0.4, -0.2) is 60.4 Å². The highest BCUT2D eigenvalue weighted by Crippen LogP contribution is 2.13. The third-order valence-corrected chi connectivity index (χ3v) is 5.08. The fourth-order valence-corrected chi connectivity index (χ4v) is 3.34. The van der Waals surface area contributed by atoms with Gasteiger partial charge in [0.2, 0.25) is 5.91 Å². The minimum Gasteiger partial charge on any atom is -0.340 e. The van der Waals surface area contributed by atoms with Gasteiger partial charge in [-0.15, -0.1) is 0 Å². The maximum Gasteiger partial charge on any atom is 0.236 e. The van der Waals surface area contributed by atoms with E-state index in [1.54, 1.807) is 0 Å². The molecular weight excluding hydrogens is 346 g/mol. The summed E-state index contributed by atoms with van der Waals surface area (Å²) in [5, 5.41) is 0.775. The maximum absolute atomic E-state index is 12.5. The Bertz CT molecular complexity index is 697. The van der Waals surface area contributed by atoms with E-state index < -0.39 is 0 Å². The molecule has 0 N–H and O–H groups in total. The van der Waals surface area contributed by atoms with Crippen molar-refractivity contribution in [3.63, 3.8) is 0 Å². The number of carbonyl (C=O) groups is 1. The highest BCUT2D eigenvalue weighted by atomic mass is 35.5. The molecule has 0 unspecified atom stereocenters. The predicted octanol–water partition coefficient (Wildman–Crippen LogP) is 3.12. The molecule has 0 saturated carbocycles. The van der Waals surface area contributed by atoms with Crippen LogP contribution in [0.1, 0.15) is 11.1 Å². The Labute approximate surface area is 161 Å². The molecule has 5 heteroatoms. The van der Waals surface area contributed by atoms with Crippen LogP contribution < -0.4 is 0 Å². The fraction of sp³-hybridized carbons (Fsp3) is 0.381. The first-order chi connectivity index (χ1) is 12.6. The van der Waals surface area contributed by atoms with Crippen molar-refractivity contribution in [1.29, 1.82) is 0 Å². The highest BCUT2D eigenvalue weighted by Gasteiger charge is 2.20. The number of hydrogen-bond acceptors (Lipinski definition) is 3. The Hall–Kier alpha value is -1.88. The summed E-state index contributed by atoms with van der Waals surface area (Å²) in [6, 6.07) is 18.2. The van der Waals surface area contributed by atoms with E-state index in [0.29, 0.717) is 13.1 Å². The fourth-order valence-electron chi connectivity index (χ4n) is 3.21. The number of hydrogen-bond donors (Lipinski definition) is 0. The molecule has 2 aromatic carbocycles. The van der Waals surface area contributed by atoms with Gasteiger partial charge in [0, 0.05) is 51.3 Å². The number of likely N-dealkylation sites (N-methyl/N-ethyl adjacent to an activating group) is 1. The molecule has 1 heterocycles. The third kappa shape index (κ3) is 5.56. The van der Waals surface area contributed by atoms with Crippen LogP contribution >= 0.6 is 11.6 Å². The van der Waals surface area contributed by atoms with Crippen molar-refractivity contribution in [2.75, 3.05) is 39.8 Å². The van der Waals surface area contributed by atoms with Crippen LogP contribution in [0.5, 0.6) is 0 Å². The number of piperazine rings is 1. The molecule has 1 aliphatic heterocycles. The van der Waals surface area contributed by atoms with Gasteiger partial charge in [-0.3, -0.25) is 14.6 Å². The number of carbonyl (C=O) groups excluding carboxylic acids is 1. The largest absolute Gasteiger partial charge is 0.340 e. The highest BCUT2D eigenvalue weighted by molar-refractivity contribution is 6.30. The zero-order valence-corrected chi connectivity index (χ0v) is 16.0. The summed E-state index contributed by atoms with van der Waals surface area (Å²) in [4.78, 5) is 19.0. The first-order valence-electron chi connectivity index (χ1n) is 9.07. The summed E-state index contributed by atoms with van der Waals surface area (Å²) in [7, 11) is 1.88. The smallest absolute Gasteiger partial charge is 0.236 e. The number of rotatable bonds is 6. The summed E-state index contributed by atoms with van der Waals surface area (Å²) in [6.07, 6.45) is 0. The Balaban J connectivity index is 1.41. The predicted molar refractivity (Wildman–Crippen MR) is 106 cm³/mol. The van der Waals surface area contributed by atoms with E-state index in [-0.39, 0.29) is 5.91 Å². The Morgan fingerprint density at radius 2 is 1.54 bits per heavy atom.